The number of carbonyl (C=O) groups is 2. The highest BCUT2D eigenvalue weighted by molar-refractivity contribution is 5.90. The number of esters is 1. The highest BCUT2D eigenvalue weighted by Crippen LogP contribution is 2.05. The van der Waals surface area contributed by atoms with Crippen molar-refractivity contribution < 1.29 is 19.4 Å². The molecule has 0 amide bonds. The van der Waals surface area contributed by atoms with Crippen molar-refractivity contribution in [2.45, 2.75) is 26.7 Å². The number of carboxylic acids is 1. The second kappa shape index (κ2) is 7.12. The second-order valence-electron chi connectivity index (χ2n) is 3.14. The summed E-state index contributed by atoms with van der Waals surface area (Å²) < 4.78 is 4.78. The van der Waals surface area contributed by atoms with Crippen molar-refractivity contribution >= 4 is 11.9 Å². The third-order valence-corrected chi connectivity index (χ3v) is 1.91. The molecule has 80 valence electrons. The number of carbonyl (C=O) groups excluding carboxylic acids is 1. The van der Waals surface area contributed by atoms with E-state index in [1.54, 1.807) is 0 Å². The molecule has 1 unspecified atom stereocenters. The van der Waals surface area contributed by atoms with Gasteiger partial charge in [-0.1, -0.05) is 20.3 Å². The summed E-state index contributed by atoms with van der Waals surface area (Å²) in [5.41, 5.74) is 0. The summed E-state index contributed by atoms with van der Waals surface area (Å²) in [6.07, 6.45) is 3.54. The van der Waals surface area contributed by atoms with Gasteiger partial charge in [-0.25, -0.2) is 9.59 Å². The van der Waals surface area contributed by atoms with Crippen LogP contribution >= 0.6 is 0 Å². The molecular formula is C10H16O4. The molecule has 0 saturated carbocycles. The largest absolute Gasteiger partial charge is 0.478 e. The quantitative estimate of drug-likeness (QED) is 0.522. The van der Waals surface area contributed by atoms with Crippen LogP contribution in [0.15, 0.2) is 12.2 Å². The Morgan fingerprint density at radius 2 is 2.07 bits per heavy atom. The van der Waals surface area contributed by atoms with E-state index in [1.165, 1.54) is 0 Å². The Bertz CT molecular complexity index is 220. The molecule has 1 N–H and O–H groups in total. The van der Waals surface area contributed by atoms with Crippen LogP contribution < -0.4 is 0 Å². The molecule has 0 fully saturated rings. The summed E-state index contributed by atoms with van der Waals surface area (Å²) in [7, 11) is 0. The average molecular weight is 200 g/mol. The molecule has 0 aliphatic carbocycles. The van der Waals surface area contributed by atoms with Crippen LogP contribution in [-0.4, -0.2) is 23.7 Å². The third kappa shape index (κ3) is 7.34. The zero-order valence-corrected chi connectivity index (χ0v) is 8.53. The van der Waals surface area contributed by atoms with Crippen LogP contribution in [0.1, 0.15) is 26.7 Å². The number of aliphatic carboxylic acids is 1. The maximum atomic E-state index is 10.8. The van der Waals surface area contributed by atoms with Crippen molar-refractivity contribution in [2.75, 3.05) is 6.61 Å². The van der Waals surface area contributed by atoms with E-state index in [9.17, 15) is 9.59 Å². The Kier molecular flexibility index (Phi) is 6.45. The van der Waals surface area contributed by atoms with Crippen LogP contribution in [0.2, 0.25) is 0 Å². The molecule has 0 rings (SSSR count). The molecule has 0 bridgehead atoms. The standard InChI is InChI=1S/C10H16O4/c1-3-8(2)6-7-14-10(13)5-4-9(11)12/h4-5,8H,3,6-7H2,1-2H3,(H,11,12)/b5-4-. The van der Waals surface area contributed by atoms with Gasteiger partial charge in [0.1, 0.15) is 0 Å². The molecule has 1 atom stereocenters. The van der Waals surface area contributed by atoms with Gasteiger partial charge in [-0.3, -0.25) is 0 Å². The minimum Gasteiger partial charge on any atom is -0.478 e. The lowest BCUT2D eigenvalue weighted by molar-refractivity contribution is -0.139. The molecule has 0 spiro atoms. The van der Waals surface area contributed by atoms with Gasteiger partial charge in [0, 0.05) is 12.2 Å². The van der Waals surface area contributed by atoms with E-state index in [1.807, 2.05) is 0 Å². The van der Waals surface area contributed by atoms with Crippen molar-refractivity contribution in [1.82, 2.24) is 0 Å². The number of rotatable bonds is 6. The maximum Gasteiger partial charge on any atom is 0.331 e. The predicted octanol–water partition coefficient (Wildman–Crippen LogP) is 1.61. The Hall–Kier alpha value is -1.32. The number of carboxylic acid groups (broad SMARTS) is 1. The summed E-state index contributed by atoms with van der Waals surface area (Å²) in [6.45, 7) is 4.48. The highest BCUT2D eigenvalue weighted by atomic mass is 16.5. The lowest BCUT2D eigenvalue weighted by Crippen LogP contribution is -2.06. The van der Waals surface area contributed by atoms with E-state index < -0.39 is 11.9 Å². The van der Waals surface area contributed by atoms with E-state index in [0.717, 1.165) is 25.0 Å². The van der Waals surface area contributed by atoms with Crippen LogP contribution in [0, 0.1) is 5.92 Å². The fourth-order valence-electron chi connectivity index (χ4n) is 0.752. The second-order valence-corrected chi connectivity index (χ2v) is 3.14. The van der Waals surface area contributed by atoms with Crippen molar-refractivity contribution in [3.05, 3.63) is 12.2 Å². The first-order valence-electron chi connectivity index (χ1n) is 4.64. The summed E-state index contributed by atoms with van der Waals surface area (Å²) in [6, 6.07) is 0. The van der Waals surface area contributed by atoms with Crippen LogP contribution in [0.3, 0.4) is 0 Å². The van der Waals surface area contributed by atoms with Gasteiger partial charge >= 0.3 is 11.9 Å². The predicted molar refractivity (Wildman–Crippen MR) is 51.8 cm³/mol. The highest BCUT2D eigenvalue weighted by Gasteiger charge is 2.01. The van der Waals surface area contributed by atoms with Gasteiger partial charge < -0.3 is 9.84 Å². The van der Waals surface area contributed by atoms with Gasteiger partial charge in [0.25, 0.3) is 0 Å². The van der Waals surface area contributed by atoms with Crippen molar-refractivity contribution in [3.8, 4) is 0 Å². The zero-order valence-electron chi connectivity index (χ0n) is 8.53. The Morgan fingerprint density at radius 3 is 2.57 bits per heavy atom. The van der Waals surface area contributed by atoms with Crippen molar-refractivity contribution in [2.24, 2.45) is 5.92 Å². The van der Waals surface area contributed by atoms with Gasteiger partial charge in [-0.05, 0) is 12.3 Å². The van der Waals surface area contributed by atoms with Gasteiger partial charge in [-0.15, -0.1) is 0 Å². The first-order valence-corrected chi connectivity index (χ1v) is 4.64. The van der Waals surface area contributed by atoms with E-state index in [2.05, 4.69) is 13.8 Å². The first-order chi connectivity index (χ1) is 6.56. The molecule has 0 saturated heterocycles. The van der Waals surface area contributed by atoms with Crippen LogP contribution in [-0.2, 0) is 14.3 Å². The molecule has 4 heteroatoms. The number of ether oxygens (including phenoxy) is 1. The molecule has 0 heterocycles. The minimum atomic E-state index is -1.15. The fraction of sp³-hybridized carbons (Fsp3) is 0.600. The van der Waals surface area contributed by atoms with E-state index in [-0.39, 0.29) is 0 Å². The zero-order chi connectivity index (χ0) is 11.0. The van der Waals surface area contributed by atoms with E-state index in [0.29, 0.717) is 12.5 Å². The summed E-state index contributed by atoms with van der Waals surface area (Å²) >= 11 is 0. The van der Waals surface area contributed by atoms with Gasteiger partial charge in [0.15, 0.2) is 0 Å². The molecule has 0 aliphatic rings. The molecule has 0 radical (unpaired) electrons. The molecule has 4 nitrogen and oxygen atoms in total. The van der Waals surface area contributed by atoms with Crippen LogP contribution in [0.4, 0.5) is 0 Å². The molecular weight excluding hydrogens is 184 g/mol. The van der Waals surface area contributed by atoms with E-state index in [4.69, 9.17) is 9.84 Å². The molecule has 14 heavy (non-hydrogen) atoms. The van der Waals surface area contributed by atoms with Gasteiger partial charge in [0.2, 0.25) is 0 Å². The Morgan fingerprint density at radius 1 is 1.43 bits per heavy atom. The van der Waals surface area contributed by atoms with Crippen molar-refractivity contribution in [3.63, 3.8) is 0 Å². The summed E-state index contributed by atoms with van der Waals surface area (Å²) in [5, 5.41) is 8.22. The summed E-state index contributed by atoms with van der Waals surface area (Å²) in [4.78, 5) is 20.9. The monoisotopic (exact) mass is 200 g/mol. The SMILES string of the molecule is CCC(C)CCOC(=O)/C=C\C(=O)O. The van der Waals surface area contributed by atoms with Crippen LogP contribution in [0.25, 0.3) is 0 Å². The number of hydrogen-bond acceptors (Lipinski definition) is 3. The topological polar surface area (TPSA) is 63.6 Å². The normalized spacial score (nSPS) is 12.7. The van der Waals surface area contributed by atoms with Crippen molar-refractivity contribution in [1.29, 1.82) is 0 Å². The smallest absolute Gasteiger partial charge is 0.331 e. The maximum absolute atomic E-state index is 10.8. The average Bonchev–Trinajstić information content (AvgIpc) is 2.14. The third-order valence-electron chi connectivity index (χ3n) is 1.91. The summed E-state index contributed by atoms with van der Waals surface area (Å²) in [5.74, 6) is -1.23. The lowest BCUT2D eigenvalue weighted by Gasteiger charge is -2.07. The Labute approximate surface area is 83.6 Å². The van der Waals surface area contributed by atoms with E-state index >= 15 is 0 Å². The number of hydrogen-bond donors (Lipinski definition) is 1. The molecule has 0 aromatic carbocycles. The first kappa shape index (κ1) is 12.7. The Balaban J connectivity index is 3.59. The van der Waals surface area contributed by atoms with Gasteiger partial charge in [-0.2, -0.15) is 0 Å². The molecule has 0 aromatic rings. The molecule has 0 aliphatic heterocycles. The molecule has 0 aromatic heterocycles. The van der Waals surface area contributed by atoms with Gasteiger partial charge in [0.05, 0.1) is 6.61 Å². The minimum absolute atomic E-state index is 0.345. The lowest BCUT2D eigenvalue weighted by atomic mass is 10.1. The fourth-order valence-corrected chi connectivity index (χ4v) is 0.752. The van der Waals surface area contributed by atoms with Crippen LogP contribution in [0.5, 0.6) is 0 Å².